The van der Waals surface area contributed by atoms with Crippen molar-refractivity contribution in [3.05, 3.63) is 17.6 Å². The molecule has 0 radical (unpaired) electrons. The predicted octanol–water partition coefficient (Wildman–Crippen LogP) is 2.28. The van der Waals surface area contributed by atoms with Crippen molar-refractivity contribution in [1.82, 2.24) is 9.97 Å². The van der Waals surface area contributed by atoms with Crippen LogP contribution in [-0.4, -0.2) is 35.6 Å². The van der Waals surface area contributed by atoms with Crippen molar-refractivity contribution in [3.63, 3.8) is 0 Å². The van der Waals surface area contributed by atoms with Crippen LogP contribution in [0.4, 0.5) is 5.82 Å². The summed E-state index contributed by atoms with van der Waals surface area (Å²) in [4.78, 5) is 23.2. The normalized spacial score (nSPS) is 22.3. The summed E-state index contributed by atoms with van der Waals surface area (Å²) in [6.45, 7) is 0.878. The fourth-order valence-corrected chi connectivity index (χ4v) is 3.49. The number of carbonyl (C=O) groups is 1. The molecule has 1 atom stereocenters. The van der Waals surface area contributed by atoms with Crippen molar-refractivity contribution >= 4 is 11.8 Å². The first-order valence-electron chi connectivity index (χ1n) is 7.98. The molecule has 2 aliphatic rings. The third kappa shape index (κ3) is 2.87. The van der Waals surface area contributed by atoms with Crippen LogP contribution in [0.25, 0.3) is 0 Å². The number of nitrogens with zero attached hydrogens (tertiary/aromatic N) is 3. The lowest BCUT2D eigenvalue weighted by Gasteiger charge is -2.36. The van der Waals surface area contributed by atoms with E-state index in [4.69, 9.17) is 4.74 Å². The highest BCUT2D eigenvalue weighted by molar-refractivity contribution is 5.80. The first-order valence-corrected chi connectivity index (χ1v) is 7.98. The van der Waals surface area contributed by atoms with E-state index in [2.05, 4.69) is 14.9 Å². The zero-order valence-electron chi connectivity index (χ0n) is 12.7. The molecule has 2 heterocycles. The molecule has 1 unspecified atom stereocenters. The molecular formula is C16H23N3O2. The highest BCUT2D eigenvalue weighted by atomic mass is 16.5. The van der Waals surface area contributed by atoms with Crippen molar-refractivity contribution < 1.29 is 9.53 Å². The van der Waals surface area contributed by atoms with Gasteiger partial charge >= 0.3 is 5.97 Å². The lowest BCUT2D eigenvalue weighted by Crippen LogP contribution is -2.46. The molecule has 5 nitrogen and oxygen atoms in total. The minimum atomic E-state index is -0.189. The molecule has 1 aromatic heterocycles. The van der Waals surface area contributed by atoms with Gasteiger partial charge in [0, 0.05) is 17.8 Å². The lowest BCUT2D eigenvalue weighted by atomic mass is 10.00. The first-order chi connectivity index (χ1) is 10.3. The molecule has 1 aliphatic carbocycles. The SMILES string of the molecule is COC(=O)C1CCCCN1c1ncnc2c1CCCCC2. The zero-order valence-corrected chi connectivity index (χ0v) is 12.7. The van der Waals surface area contributed by atoms with Gasteiger partial charge in [-0.15, -0.1) is 0 Å². The van der Waals surface area contributed by atoms with Gasteiger partial charge in [-0.05, 0) is 44.9 Å². The summed E-state index contributed by atoms with van der Waals surface area (Å²) in [6, 6.07) is -0.189. The van der Waals surface area contributed by atoms with Crippen LogP contribution in [0.5, 0.6) is 0 Å². The van der Waals surface area contributed by atoms with Gasteiger partial charge < -0.3 is 9.64 Å². The Morgan fingerprint density at radius 1 is 1.19 bits per heavy atom. The second-order valence-corrected chi connectivity index (χ2v) is 5.91. The third-order valence-corrected chi connectivity index (χ3v) is 4.60. The Bertz CT molecular complexity index is 518. The van der Waals surface area contributed by atoms with Crippen LogP contribution >= 0.6 is 0 Å². The van der Waals surface area contributed by atoms with Crippen LogP contribution in [0.15, 0.2) is 6.33 Å². The smallest absolute Gasteiger partial charge is 0.328 e. The summed E-state index contributed by atoms with van der Waals surface area (Å²) in [5.74, 6) is 0.827. The van der Waals surface area contributed by atoms with E-state index in [-0.39, 0.29) is 12.0 Å². The number of rotatable bonds is 2. The van der Waals surface area contributed by atoms with E-state index in [1.54, 1.807) is 6.33 Å². The average molecular weight is 289 g/mol. The number of fused-ring (bicyclic) bond motifs is 1. The molecule has 21 heavy (non-hydrogen) atoms. The van der Waals surface area contributed by atoms with Crippen molar-refractivity contribution in [2.24, 2.45) is 0 Å². The fourth-order valence-electron chi connectivity index (χ4n) is 3.49. The van der Waals surface area contributed by atoms with Crippen molar-refractivity contribution in [2.45, 2.75) is 57.4 Å². The van der Waals surface area contributed by atoms with Crippen LogP contribution in [0.2, 0.25) is 0 Å². The van der Waals surface area contributed by atoms with Gasteiger partial charge in [-0.3, -0.25) is 0 Å². The van der Waals surface area contributed by atoms with E-state index in [0.717, 1.165) is 44.5 Å². The summed E-state index contributed by atoms with van der Waals surface area (Å²) < 4.78 is 4.99. The summed E-state index contributed by atoms with van der Waals surface area (Å²) >= 11 is 0. The Kier molecular flexibility index (Phi) is 4.36. The molecule has 114 valence electrons. The zero-order chi connectivity index (χ0) is 14.7. The second kappa shape index (κ2) is 6.41. The maximum absolute atomic E-state index is 12.1. The second-order valence-electron chi connectivity index (χ2n) is 5.91. The van der Waals surface area contributed by atoms with Crippen molar-refractivity contribution in [2.75, 3.05) is 18.6 Å². The summed E-state index contributed by atoms with van der Waals surface area (Å²) in [5, 5.41) is 0. The van der Waals surface area contributed by atoms with E-state index >= 15 is 0 Å². The van der Waals surface area contributed by atoms with Gasteiger partial charge in [0.05, 0.1) is 7.11 Å². The van der Waals surface area contributed by atoms with Crippen LogP contribution in [0.1, 0.15) is 49.8 Å². The number of carbonyl (C=O) groups excluding carboxylic acids is 1. The van der Waals surface area contributed by atoms with Crippen LogP contribution in [0, 0.1) is 0 Å². The number of aromatic nitrogens is 2. The summed E-state index contributed by atoms with van der Waals surface area (Å²) in [6.07, 6.45) is 10.4. The third-order valence-electron chi connectivity index (χ3n) is 4.60. The first kappa shape index (κ1) is 14.3. The molecule has 5 heteroatoms. The van der Waals surface area contributed by atoms with Crippen LogP contribution < -0.4 is 4.90 Å². The van der Waals surface area contributed by atoms with E-state index < -0.39 is 0 Å². The quantitative estimate of drug-likeness (QED) is 0.617. The Labute approximate surface area is 125 Å². The molecule has 0 saturated carbocycles. The summed E-state index contributed by atoms with van der Waals surface area (Å²) in [7, 11) is 1.47. The van der Waals surface area contributed by atoms with E-state index in [1.165, 1.54) is 37.6 Å². The monoisotopic (exact) mass is 289 g/mol. The number of hydrogen-bond acceptors (Lipinski definition) is 5. The van der Waals surface area contributed by atoms with E-state index in [1.807, 2.05) is 0 Å². The fraction of sp³-hybridized carbons (Fsp3) is 0.688. The van der Waals surface area contributed by atoms with E-state index in [9.17, 15) is 4.79 Å². The Balaban J connectivity index is 1.96. The van der Waals surface area contributed by atoms with E-state index in [0.29, 0.717) is 0 Å². The number of hydrogen-bond donors (Lipinski definition) is 0. The van der Waals surface area contributed by atoms with Gasteiger partial charge in [0.1, 0.15) is 18.2 Å². The highest BCUT2D eigenvalue weighted by Gasteiger charge is 2.32. The largest absolute Gasteiger partial charge is 0.467 e. The molecule has 0 spiro atoms. The van der Waals surface area contributed by atoms with Crippen molar-refractivity contribution in [1.29, 1.82) is 0 Å². The van der Waals surface area contributed by atoms with Gasteiger partial charge in [-0.1, -0.05) is 6.42 Å². The Morgan fingerprint density at radius 3 is 2.90 bits per heavy atom. The maximum Gasteiger partial charge on any atom is 0.328 e. The number of aryl methyl sites for hydroxylation is 1. The number of methoxy groups -OCH3 is 1. The molecule has 0 amide bonds. The minimum Gasteiger partial charge on any atom is -0.467 e. The van der Waals surface area contributed by atoms with Gasteiger partial charge in [0.25, 0.3) is 0 Å². The Hall–Kier alpha value is -1.65. The molecule has 1 saturated heterocycles. The van der Waals surface area contributed by atoms with Gasteiger partial charge in [-0.2, -0.15) is 0 Å². The van der Waals surface area contributed by atoms with Crippen LogP contribution in [-0.2, 0) is 22.4 Å². The van der Waals surface area contributed by atoms with Crippen LogP contribution in [0.3, 0.4) is 0 Å². The number of piperidine rings is 1. The van der Waals surface area contributed by atoms with Gasteiger partial charge in [-0.25, -0.2) is 14.8 Å². The molecule has 3 rings (SSSR count). The summed E-state index contributed by atoms with van der Waals surface area (Å²) in [5.41, 5.74) is 2.43. The number of ether oxygens (including phenoxy) is 1. The van der Waals surface area contributed by atoms with Gasteiger partial charge in [0.2, 0.25) is 0 Å². The average Bonchev–Trinajstić information content (AvgIpc) is 2.79. The molecule has 0 bridgehead atoms. The predicted molar refractivity (Wildman–Crippen MR) is 80.3 cm³/mol. The highest BCUT2D eigenvalue weighted by Crippen LogP contribution is 2.31. The molecular weight excluding hydrogens is 266 g/mol. The standard InChI is InChI=1S/C16H23N3O2/c1-21-16(20)14-9-5-6-10-19(14)15-12-7-3-2-4-8-13(12)17-11-18-15/h11,14H,2-10H2,1H3. The topological polar surface area (TPSA) is 55.3 Å². The lowest BCUT2D eigenvalue weighted by molar-refractivity contribution is -0.142. The minimum absolute atomic E-state index is 0.143. The molecule has 1 aromatic rings. The Morgan fingerprint density at radius 2 is 2.05 bits per heavy atom. The molecule has 1 aliphatic heterocycles. The molecule has 1 fully saturated rings. The molecule has 0 aromatic carbocycles. The molecule has 0 N–H and O–H groups in total. The van der Waals surface area contributed by atoms with Crippen molar-refractivity contribution in [3.8, 4) is 0 Å². The number of anilines is 1. The van der Waals surface area contributed by atoms with Gasteiger partial charge in [0.15, 0.2) is 0 Å². The maximum atomic E-state index is 12.1. The number of esters is 1.